The molecule has 2 N–H and O–H groups in total. The molecule has 9 nitrogen and oxygen atoms in total. The van der Waals surface area contributed by atoms with E-state index in [1.807, 2.05) is 24.4 Å². The summed E-state index contributed by atoms with van der Waals surface area (Å²) in [4.78, 5) is 38.4. The van der Waals surface area contributed by atoms with Gasteiger partial charge in [0.15, 0.2) is 11.5 Å². The maximum Gasteiger partial charge on any atom is 0.325 e. The van der Waals surface area contributed by atoms with E-state index in [0.717, 1.165) is 10.5 Å². The zero-order chi connectivity index (χ0) is 21.3. The number of nitrogens with one attached hydrogen (secondary N) is 2. The van der Waals surface area contributed by atoms with Crippen LogP contribution in [0.1, 0.15) is 30.8 Å². The molecular formula is C20H19ClN6O3. The molecule has 4 amide bonds. The number of carbonyl (C=O) groups excluding carboxylic acids is 3. The molecule has 0 spiro atoms. The second-order valence-electron chi connectivity index (χ2n) is 7.04. The van der Waals surface area contributed by atoms with E-state index >= 15 is 0 Å². The molecule has 1 aliphatic rings. The smallest absolute Gasteiger partial charge is 0.325 e. The summed E-state index contributed by atoms with van der Waals surface area (Å²) in [6.45, 7) is 1.87. The van der Waals surface area contributed by atoms with Gasteiger partial charge in [-0.3, -0.25) is 18.9 Å². The summed E-state index contributed by atoms with van der Waals surface area (Å²) in [5, 5.41) is 14.1. The summed E-state index contributed by atoms with van der Waals surface area (Å²) < 4.78 is 1.78. The standard InChI is InChI=1S/C20H19ClN6O3/c1-12(18-25-24-16-7-2-3-8-26(16)18)22-17(28)10-15-19(29)27(20(30)23-15)11-13-5-4-6-14(21)9-13/h2-9,12,15H,10-11H2,1H3,(H,22,28)(H,23,30)/t12-,15+/m1/s1. The molecular weight excluding hydrogens is 408 g/mol. The number of hydrogen-bond donors (Lipinski definition) is 2. The lowest BCUT2D eigenvalue weighted by Gasteiger charge is -2.15. The van der Waals surface area contributed by atoms with Crippen LogP contribution in [0.25, 0.3) is 5.65 Å². The molecule has 1 fully saturated rings. The molecule has 0 bridgehead atoms. The van der Waals surface area contributed by atoms with Crippen molar-refractivity contribution >= 4 is 35.1 Å². The molecule has 1 aromatic carbocycles. The van der Waals surface area contributed by atoms with Crippen LogP contribution in [0.5, 0.6) is 0 Å². The Hall–Kier alpha value is -3.46. The Morgan fingerprint density at radius 1 is 1.23 bits per heavy atom. The second-order valence-corrected chi connectivity index (χ2v) is 7.47. The topological polar surface area (TPSA) is 109 Å². The summed E-state index contributed by atoms with van der Waals surface area (Å²) in [5.74, 6) is -0.252. The van der Waals surface area contributed by atoms with Crippen molar-refractivity contribution in [1.29, 1.82) is 0 Å². The molecule has 4 rings (SSSR count). The quantitative estimate of drug-likeness (QED) is 0.586. The second kappa shape index (κ2) is 8.11. The number of urea groups is 1. The number of aromatic nitrogens is 3. The van der Waals surface area contributed by atoms with Crippen LogP contribution >= 0.6 is 11.6 Å². The average Bonchev–Trinajstić information content (AvgIpc) is 3.25. The van der Waals surface area contributed by atoms with Gasteiger partial charge in [-0.1, -0.05) is 29.8 Å². The number of hydrogen-bond acceptors (Lipinski definition) is 5. The summed E-state index contributed by atoms with van der Waals surface area (Å²) in [5.41, 5.74) is 1.40. The minimum absolute atomic E-state index is 0.0888. The van der Waals surface area contributed by atoms with Crippen molar-refractivity contribution in [2.75, 3.05) is 0 Å². The van der Waals surface area contributed by atoms with E-state index < -0.39 is 24.0 Å². The highest BCUT2D eigenvalue weighted by Gasteiger charge is 2.39. The Bertz CT molecular complexity index is 1130. The lowest BCUT2D eigenvalue weighted by molar-refractivity contribution is -0.131. The molecule has 0 radical (unpaired) electrons. The normalized spacial score (nSPS) is 17.3. The van der Waals surface area contributed by atoms with Gasteiger partial charge in [0.05, 0.1) is 19.0 Å². The molecule has 3 heterocycles. The maximum absolute atomic E-state index is 12.6. The fourth-order valence-electron chi connectivity index (χ4n) is 3.39. The van der Waals surface area contributed by atoms with Crippen molar-refractivity contribution in [2.24, 2.45) is 0 Å². The van der Waals surface area contributed by atoms with Crippen molar-refractivity contribution in [3.63, 3.8) is 0 Å². The van der Waals surface area contributed by atoms with Crippen LogP contribution in [-0.2, 0) is 16.1 Å². The SMILES string of the molecule is C[C@@H](NC(=O)C[C@@H]1NC(=O)N(Cc2cccc(Cl)c2)C1=O)c1nnc2ccccn12. The summed E-state index contributed by atoms with van der Waals surface area (Å²) in [7, 11) is 0. The van der Waals surface area contributed by atoms with Gasteiger partial charge in [-0.25, -0.2) is 4.79 Å². The Morgan fingerprint density at radius 3 is 2.87 bits per heavy atom. The van der Waals surface area contributed by atoms with Crippen molar-refractivity contribution in [3.05, 3.63) is 65.1 Å². The zero-order valence-corrected chi connectivity index (χ0v) is 16.8. The van der Waals surface area contributed by atoms with Crippen LogP contribution in [0.4, 0.5) is 4.79 Å². The number of amides is 4. The summed E-state index contributed by atoms with van der Waals surface area (Å²) in [6.07, 6.45) is 1.64. The van der Waals surface area contributed by atoms with E-state index in [4.69, 9.17) is 11.6 Å². The molecule has 0 unspecified atom stereocenters. The number of fused-ring (bicyclic) bond motifs is 1. The number of rotatable bonds is 6. The van der Waals surface area contributed by atoms with Gasteiger partial charge < -0.3 is 10.6 Å². The monoisotopic (exact) mass is 426 g/mol. The molecule has 2 atom stereocenters. The fraction of sp³-hybridized carbons (Fsp3) is 0.250. The van der Waals surface area contributed by atoms with E-state index in [9.17, 15) is 14.4 Å². The number of halogens is 1. The molecule has 2 aromatic heterocycles. The predicted molar refractivity (Wildman–Crippen MR) is 108 cm³/mol. The van der Waals surface area contributed by atoms with Gasteiger partial charge in [-0.15, -0.1) is 10.2 Å². The molecule has 30 heavy (non-hydrogen) atoms. The Balaban J connectivity index is 1.38. The average molecular weight is 427 g/mol. The van der Waals surface area contributed by atoms with Crippen LogP contribution < -0.4 is 10.6 Å². The highest BCUT2D eigenvalue weighted by atomic mass is 35.5. The third-order valence-corrected chi connectivity index (χ3v) is 5.07. The van der Waals surface area contributed by atoms with Gasteiger partial charge >= 0.3 is 6.03 Å². The minimum atomic E-state index is -0.918. The van der Waals surface area contributed by atoms with Gasteiger partial charge in [-0.05, 0) is 36.8 Å². The maximum atomic E-state index is 12.6. The number of imide groups is 1. The van der Waals surface area contributed by atoms with Crippen LogP contribution in [-0.4, -0.2) is 43.4 Å². The number of benzene rings is 1. The first-order valence-corrected chi connectivity index (χ1v) is 9.75. The number of carbonyl (C=O) groups is 3. The van der Waals surface area contributed by atoms with Crippen LogP contribution in [0.15, 0.2) is 48.7 Å². The summed E-state index contributed by atoms with van der Waals surface area (Å²) >= 11 is 5.96. The zero-order valence-electron chi connectivity index (χ0n) is 16.1. The highest BCUT2D eigenvalue weighted by molar-refractivity contribution is 6.30. The van der Waals surface area contributed by atoms with Gasteiger partial charge in [-0.2, -0.15) is 0 Å². The van der Waals surface area contributed by atoms with Crippen molar-refractivity contribution in [1.82, 2.24) is 30.1 Å². The van der Waals surface area contributed by atoms with E-state index in [-0.39, 0.29) is 18.9 Å². The number of nitrogens with zero attached hydrogens (tertiary/aromatic N) is 4. The molecule has 1 saturated heterocycles. The van der Waals surface area contributed by atoms with Crippen LogP contribution in [0, 0.1) is 0 Å². The van der Waals surface area contributed by atoms with Crippen molar-refractivity contribution < 1.29 is 14.4 Å². The number of pyridine rings is 1. The van der Waals surface area contributed by atoms with Gasteiger partial charge in [0, 0.05) is 11.2 Å². The van der Waals surface area contributed by atoms with E-state index in [2.05, 4.69) is 20.8 Å². The van der Waals surface area contributed by atoms with Crippen molar-refractivity contribution in [2.45, 2.75) is 32.0 Å². The molecule has 154 valence electrons. The van der Waals surface area contributed by atoms with Gasteiger partial charge in [0.1, 0.15) is 6.04 Å². The van der Waals surface area contributed by atoms with Crippen LogP contribution in [0.3, 0.4) is 0 Å². The fourth-order valence-corrected chi connectivity index (χ4v) is 3.60. The van der Waals surface area contributed by atoms with E-state index in [0.29, 0.717) is 16.5 Å². The predicted octanol–water partition coefficient (Wildman–Crippen LogP) is 2.07. The highest BCUT2D eigenvalue weighted by Crippen LogP contribution is 2.18. The summed E-state index contributed by atoms with van der Waals surface area (Å²) in [6, 6.07) is 10.5. The first-order valence-electron chi connectivity index (χ1n) is 9.37. The lowest BCUT2D eigenvalue weighted by Crippen LogP contribution is -2.37. The Morgan fingerprint density at radius 2 is 2.07 bits per heavy atom. The van der Waals surface area contributed by atoms with Gasteiger partial charge in [0.2, 0.25) is 5.91 Å². The first kappa shape index (κ1) is 19.8. The third-order valence-electron chi connectivity index (χ3n) is 4.83. The van der Waals surface area contributed by atoms with Crippen molar-refractivity contribution in [3.8, 4) is 0 Å². The lowest BCUT2D eigenvalue weighted by atomic mass is 10.1. The third kappa shape index (κ3) is 3.97. The van der Waals surface area contributed by atoms with Gasteiger partial charge in [0.25, 0.3) is 5.91 Å². The minimum Gasteiger partial charge on any atom is -0.346 e. The Labute approximate surface area is 177 Å². The van der Waals surface area contributed by atoms with E-state index in [1.165, 1.54) is 0 Å². The van der Waals surface area contributed by atoms with E-state index in [1.54, 1.807) is 35.6 Å². The largest absolute Gasteiger partial charge is 0.346 e. The molecule has 0 aliphatic carbocycles. The molecule has 10 heteroatoms. The van der Waals surface area contributed by atoms with Crippen LogP contribution in [0.2, 0.25) is 5.02 Å². The first-order chi connectivity index (χ1) is 14.4. The Kier molecular flexibility index (Phi) is 5.37. The molecule has 1 aliphatic heterocycles. The molecule has 0 saturated carbocycles. The molecule has 3 aromatic rings.